The van der Waals surface area contributed by atoms with Gasteiger partial charge >= 0.3 is 0 Å². The highest BCUT2D eigenvalue weighted by Crippen LogP contribution is 2.28. The maximum Gasteiger partial charge on any atom is 0.130 e. The van der Waals surface area contributed by atoms with Gasteiger partial charge in [-0.1, -0.05) is 19.1 Å². The van der Waals surface area contributed by atoms with E-state index in [2.05, 4.69) is 24.4 Å². The minimum absolute atomic E-state index is 0.242. The summed E-state index contributed by atoms with van der Waals surface area (Å²) in [6, 6.07) is 10.8. The number of aryl methyl sites for hydroxylation is 2. The van der Waals surface area contributed by atoms with Gasteiger partial charge in [-0.05, 0) is 67.8 Å². The molecule has 0 aliphatic rings. The van der Waals surface area contributed by atoms with Crippen LogP contribution in [0, 0.1) is 19.7 Å². The molecular weight excluding hydrogens is 265 g/mol. The van der Waals surface area contributed by atoms with Gasteiger partial charge in [-0.2, -0.15) is 0 Å². The van der Waals surface area contributed by atoms with Gasteiger partial charge in [-0.25, -0.2) is 4.39 Å². The number of halogens is 1. The normalized spacial score (nSPS) is 10.7. The molecule has 0 saturated heterocycles. The summed E-state index contributed by atoms with van der Waals surface area (Å²) in [6.07, 6.45) is 1.12. The minimum Gasteiger partial charge on any atom is -0.457 e. The van der Waals surface area contributed by atoms with E-state index in [0.717, 1.165) is 36.4 Å². The lowest BCUT2D eigenvalue weighted by Gasteiger charge is -2.13. The minimum atomic E-state index is -0.242. The van der Waals surface area contributed by atoms with Crippen LogP contribution in [0.3, 0.4) is 0 Å². The van der Waals surface area contributed by atoms with Gasteiger partial charge in [0, 0.05) is 6.54 Å². The summed E-state index contributed by atoms with van der Waals surface area (Å²) in [4.78, 5) is 0. The number of hydrogen-bond acceptors (Lipinski definition) is 2. The van der Waals surface area contributed by atoms with Crippen molar-refractivity contribution in [3.05, 3.63) is 58.9 Å². The van der Waals surface area contributed by atoms with Crippen LogP contribution in [0.4, 0.5) is 4.39 Å². The Morgan fingerprint density at radius 2 is 1.81 bits per heavy atom. The van der Waals surface area contributed by atoms with E-state index in [1.807, 2.05) is 19.9 Å². The molecule has 0 heterocycles. The molecule has 2 aromatic rings. The van der Waals surface area contributed by atoms with E-state index < -0.39 is 0 Å². The van der Waals surface area contributed by atoms with E-state index in [1.54, 1.807) is 6.07 Å². The van der Waals surface area contributed by atoms with Crippen molar-refractivity contribution in [3.8, 4) is 11.5 Å². The second kappa shape index (κ2) is 7.23. The lowest BCUT2D eigenvalue weighted by molar-refractivity contribution is 0.472. The molecule has 0 fully saturated rings. The molecule has 2 nitrogen and oxygen atoms in total. The van der Waals surface area contributed by atoms with Gasteiger partial charge in [0.05, 0.1) is 0 Å². The van der Waals surface area contributed by atoms with E-state index in [-0.39, 0.29) is 5.82 Å². The van der Waals surface area contributed by atoms with Crippen LogP contribution < -0.4 is 10.1 Å². The number of benzene rings is 2. The Hall–Kier alpha value is -1.87. The van der Waals surface area contributed by atoms with E-state index >= 15 is 0 Å². The highest BCUT2D eigenvalue weighted by Gasteiger charge is 2.06. The van der Waals surface area contributed by atoms with Crippen molar-refractivity contribution in [3.63, 3.8) is 0 Å². The van der Waals surface area contributed by atoms with Gasteiger partial charge in [0.15, 0.2) is 0 Å². The second-order valence-corrected chi connectivity index (χ2v) is 5.29. The molecule has 0 aromatic heterocycles. The third-order valence-corrected chi connectivity index (χ3v) is 3.37. The van der Waals surface area contributed by atoms with Gasteiger partial charge in [0.2, 0.25) is 0 Å². The van der Waals surface area contributed by atoms with Crippen molar-refractivity contribution >= 4 is 0 Å². The summed E-state index contributed by atoms with van der Waals surface area (Å²) >= 11 is 0. The first-order valence-corrected chi connectivity index (χ1v) is 7.34. The molecule has 2 aromatic carbocycles. The Bertz CT molecular complexity index is 610. The molecule has 21 heavy (non-hydrogen) atoms. The first-order chi connectivity index (χ1) is 10.1. The third kappa shape index (κ3) is 4.30. The van der Waals surface area contributed by atoms with Crippen LogP contribution in [0.2, 0.25) is 0 Å². The van der Waals surface area contributed by atoms with Crippen LogP contribution >= 0.6 is 0 Å². The van der Waals surface area contributed by atoms with Crippen molar-refractivity contribution < 1.29 is 9.13 Å². The highest BCUT2D eigenvalue weighted by atomic mass is 19.1. The van der Waals surface area contributed by atoms with Crippen LogP contribution in [0.5, 0.6) is 11.5 Å². The lowest BCUT2D eigenvalue weighted by Crippen LogP contribution is -2.13. The summed E-state index contributed by atoms with van der Waals surface area (Å²) in [5.74, 6) is 1.27. The number of ether oxygens (including phenoxy) is 1. The first-order valence-electron chi connectivity index (χ1n) is 7.34. The Kier molecular flexibility index (Phi) is 5.34. The Labute approximate surface area is 126 Å². The predicted molar refractivity (Wildman–Crippen MR) is 84.4 cm³/mol. The summed E-state index contributed by atoms with van der Waals surface area (Å²) in [5.41, 5.74) is 3.05. The molecule has 0 aliphatic carbocycles. The van der Waals surface area contributed by atoms with Crippen molar-refractivity contribution in [1.82, 2.24) is 5.32 Å². The molecule has 3 heteroatoms. The third-order valence-electron chi connectivity index (χ3n) is 3.37. The number of rotatable bonds is 6. The Morgan fingerprint density at radius 1 is 1.00 bits per heavy atom. The second-order valence-electron chi connectivity index (χ2n) is 5.29. The monoisotopic (exact) mass is 287 g/mol. The zero-order chi connectivity index (χ0) is 15.2. The average Bonchev–Trinajstić information content (AvgIpc) is 2.45. The molecule has 0 aliphatic heterocycles. The zero-order valence-corrected chi connectivity index (χ0v) is 12.9. The molecular formula is C18H22FNO. The van der Waals surface area contributed by atoms with Crippen LogP contribution in [0.1, 0.15) is 30.0 Å². The molecule has 0 saturated carbocycles. The fraction of sp³-hybridized carbons (Fsp3) is 0.333. The predicted octanol–water partition coefficient (Wildman–Crippen LogP) is 4.73. The average molecular weight is 287 g/mol. The highest BCUT2D eigenvalue weighted by molar-refractivity contribution is 5.42. The maximum absolute atomic E-state index is 13.1. The standard InChI is InChI=1S/C18H22FNO/c1-4-9-20-12-15-6-5-13(2)18(11-15)21-17-8-7-16(19)10-14(17)3/h5-8,10-11,20H,4,9,12H2,1-3H3. The van der Waals surface area contributed by atoms with E-state index in [0.29, 0.717) is 5.75 Å². The van der Waals surface area contributed by atoms with Gasteiger partial charge in [0.1, 0.15) is 17.3 Å². The van der Waals surface area contributed by atoms with Gasteiger partial charge in [-0.3, -0.25) is 0 Å². The fourth-order valence-electron chi connectivity index (χ4n) is 2.12. The van der Waals surface area contributed by atoms with Crippen LogP contribution in [0.25, 0.3) is 0 Å². The van der Waals surface area contributed by atoms with E-state index in [1.165, 1.54) is 17.7 Å². The molecule has 0 unspecified atom stereocenters. The molecule has 0 amide bonds. The summed E-state index contributed by atoms with van der Waals surface area (Å²) in [7, 11) is 0. The van der Waals surface area contributed by atoms with Crippen molar-refractivity contribution in [2.45, 2.75) is 33.7 Å². The molecule has 0 bridgehead atoms. The molecule has 1 N–H and O–H groups in total. The topological polar surface area (TPSA) is 21.3 Å². The molecule has 112 valence electrons. The van der Waals surface area contributed by atoms with Crippen molar-refractivity contribution in [1.29, 1.82) is 0 Å². The zero-order valence-electron chi connectivity index (χ0n) is 12.9. The van der Waals surface area contributed by atoms with Gasteiger partial charge in [0.25, 0.3) is 0 Å². The Balaban J connectivity index is 2.16. The van der Waals surface area contributed by atoms with E-state index in [4.69, 9.17) is 4.74 Å². The summed E-state index contributed by atoms with van der Waals surface area (Å²) in [6.45, 7) is 7.83. The maximum atomic E-state index is 13.1. The number of nitrogens with one attached hydrogen (secondary N) is 1. The fourth-order valence-corrected chi connectivity index (χ4v) is 2.12. The Morgan fingerprint density at radius 3 is 2.52 bits per heavy atom. The lowest BCUT2D eigenvalue weighted by atomic mass is 10.1. The molecule has 2 rings (SSSR count). The van der Waals surface area contributed by atoms with Gasteiger partial charge in [-0.15, -0.1) is 0 Å². The molecule has 0 radical (unpaired) electrons. The van der Waals surface area contributed by atoms with Crippen LogP contribution in [0.15, 0.2) is 36.4 Å². The SMILES string of the molecule is CCCNCc1ccc(C)c(Oc2ccc(F)cc2C)c1. The van der Waals surface area contributed by atoms with E-state index in [9.17, 15) is 4.39 Å². The first kappa shape index (κ1) is 15.5. The smallest absolute Gasteiger partial charge is 0.130 e. The summed E-state index contributed by atoms with van der Waals surface area (Å²) < 4.78 is 19.1. The largest absolute Gasteiger partial charge is 0.457 e. The van der Waals surface area contributed by atoms with Gasteiger partial charge < -0.3 is 10.1 Å². The molecule has 0 spiro atoms. The number of hydrogen-bond donors (Lipinski definition) is 1. The van der Waals surface area contributed by atoms with Crippen LogP contribution in [-0.2, 0) is 6.54 Å². The van der Waals surface area contributed by atoms with Crippen LogP contribution in [-0.4, -0.2) is 6.54 Å². The quantitative estimate of drug-likeness (QED) is 0.775. The van der Waals surface area contributed by atoms with Crippen molar-refractivity contribution in [2.75, 3.05) is 6.54 Å². The van der Waals surface area contributed by atoms with Crippen molar-refractivity contribution in [2.24, 2.45) is 0 Å². The molecule has 0 atom stereocenters. The summed E-state index contributed by atoms with van der Waals surface area (Å²) in [5, 5.41) is 3.38.